The fourth-order valence-corrected chi connectivity index (χ4v) is 6.04. The van der Waals surface area contributed by atoms with E-state index in [1.54, 1.807) is 72.9 Å². The van der Waals surface area contributed by atoms with Crippen LogP contribution in [0.25, 0.3) is 0 Å². The lowest BCUT2D eigenvalue weighted by molar-refractivity contribution is -0.0381. The lowest BCUT2D eigenvalue weighted by Gasteiger charge is -2.31. The molecule has 0 heterocycles. The van der Waals surface area contributed by atoms with E-state index in [1.807, 2.05) is 25.1 Å². The molecule has 3 aromatic carbocycles. The first kappa shape index (κ1) is 51.6. The Balaban J connectivity index is 1.96. The molecule has 0 aliphatic carbocycles. The molecule has 3 rings (SSSR count). The van der Waals surface area contributed by atoms with E-state index in [-0.39, 0.29) is 82.6 Å². The van der Waals surface area contributed by atoms with Gasteiger partial charge in [-0.05, 0) is 76.2 Å². The van der Waals surface area contributed by atoms with E-state index in [0.717, 1.165) is 33.4 Å². The van der Waals surface area contributed by atoms with Gasteiger partial charge in [-0.3, -0.25) is 0 Å². The number of hydrogen-bond donors (Lipinski definition) is 0. The van der Waals surface area contributed by atoms with Gasteiger partial charge in [-0.2, -0.15) is 0 Å². The summed E-state index contributed by atoms with van der Waals surface area (Å²) in [5, 5.41) is 0. The third kappa shape index (κ3) is 19.1. The molecule has 3 aromatic rings. The maximum atomic E-state index is 13.8. The highest BCUT2D eigenvalue weighted by molar-refractivity contribution is 5.91. The van der Waals surface area contributed by atoms with Gasteiger partial charge in [-0.1, -0.05) is 61.6 Å². The van der Waals surface area contributed by atoms with Gasteiger partial charge >= 0.3 is 17.9 Å². The molecule has 0 saturated heterocycles. The van der Waals surface area contributed by atoms with Gasteiger partial charge in [0.1, 0.15) is 19.8 Å². The van der Waals surface area contributed by atoms with Crippen LogP contribution in [0.2, 0.25) is 0 Å². The molecule has 0 unspecified atom stereocenters. The van der Waals surface area contributed by atoms with Crippen molar-refractivity contribution in [3.05, 3.63) is 181 Å². The minimum Gasteiger partial charge on any atom is -0.461 e. The Kier molecular flexibility index (Phi) is 24.2. The number of hydrogen-bond acceptors (Lipinski definition) is 12. The Labute approximate surface area is 372 Å². The molecule has 0 fully saturated rings. The van der Waals surface area contributed by atoms with Gasteiger partial charge in [0.25, 0.3) is 0 Å². The third-order valence-corrected chi connectivity index (χ3v) is 9.17. The standard InChI is InChI=1S/C51H62O12/c1-8-15-55-30-39-21-40(31-56-16-9-2)25-45(24-39)48(52)61-36-51(14-7,37-62-49(53)46-26-41(32-57-17-10-3)22-42(27-46)33-58-18-11-4)38-63-50(54)47-28-43(34-59-19-12-5)23-44(29-47)35-60-20-13-6/h8-13,21-29H,1-6,14-20,30-38H2,7H3. The minimum atomic E-state index is -1.18. The SMILES string of the molecule is C=CCOCc1cc(COCC=C)cc(C(=O)OCC(CC)(COC(=O)c2cc(COCC=C)cc(COCC=C)c2)COC(=O)c2cc(COCC=C)cc(COCC=C)c2)c1. The number of rotatable bonds is 34. The molecule has 63 heavy (non-hydrogen) atoms. The summed E-state index contributed by atoms with van der Waals surface area (Å²) >= 11 is 0. The van der Waals surface area contributed by atoms with Gasteiger partial charge in [-0.15, -0.1) is 39.5 Å². The molecule has 0 aliphatic heterocycles. The normalized spacial score (nSPS) is 11.0. The summed E-state index contributed by atoms with van der Waals surface area (Å²) in [7, 11) is 0. The topological polar surface area (TPSA) is 134 Å². The number of carbonyl (C=O) groups is 3. The molecular formula is C51H62O12. The molecule has 0 atom stereocenters. The van der Waals surface area contributed by atoms with Crippen molar-refractivity contribution in [1.82, 2.24) is 0 Å². The van der Waals surface area contributed by atoms with Crippen molar-refractivity contribution in [3.63, 3.8) is 0 Å². The largest absolute Gasteiger partial charge is 0.461 e. The molecule has 0 amide bonds. The molecule has 0 saturated carbocycles. The van der Waals surface area contributed by atoms with Crippen LogP contribution in [0.1, 0.15) is 77.8 Å². The number of carbonyl (C=O) groups excluding carboxylic acids is 3. The lowest BCUT2D eigenvalue weighted by atomic mass is 9.87. The molecule has 0 spiro atoms. The summed E-state index contributed by atoms with van der Waals surface area (Å²) < 4.78 is 51.9. The van der Waals surface area contributed by atoms with Crippen molar-refractivity contribution < 1.29 is 57.0 Å². The zero-order valence-corrected chi connectivity index (χ0v) is 36.6. The number of ether oxygens (including phenoxy) is 9. The fourth-order valence-electron chi connectivity index (χ4n) is 6.04. The second-order valence-corrected chi connectivity index (χ2v) is 14.5. The molecule has 0 N–H and O–H groups in total. The van der Waals surface area contributed by atoms with E-state index < -0.39 is 23.3 Å². The Morgan fingerprint density at radius 2 is 0.603 bits per heavy atom. The Morgan fingerprint density at radius 1 is 0.397 bits per heavy atom. The second kappa shape index (κ2) is 29.5. The van der Waals surface area contributed by atoms with Crippen molar-refractivity contribution in [1.29, 1.82) is 0 Å². The van der Waals surface area contributed by atoms with Crippen molar-refractivity contribution in [2.75, 3.05) is 59.5 Å². The fraction of sp³-hybridized carbons (Fsp3) is 0.353. The summed E-state index contributed by atoms with van der Waals surface area (Å²) in [6.07, 6.45) is 10.1. The van der Waals surface area contributed by atoms with Crippen LogP contribution in [0.15, 0.2) is 131 Å². The smallest absolute Gasteiger partial charge is 0.338 e. The summed E-state index contributed by atoms with van der Waals surface area (Å²) in [4.78, 5) is 41.5. The van der Waals surface area contributed by atoms with Gasteiger partial charge in [0.05, 0.1) is 101 Å². The van der Waals surface area contributed by atoms with E-state index in [4.69, 9.17) is 42.6 Å². The number of benzene rings is 3. The van der Waals surface area contributed by atoms with Gasteiger partial charge in [0, 0.05) is 0 Å². The summed E-state index contributed by atoms with van der Waals surface area (Å²) in [5.41, 5.74) is 3.96. The van der Waals surface area contributed by atoms with Crippen LogP contribution >= 0.6 is 0 Å². The molecule has 338 valence electrons. The second-order valence-electron chi connectivity index (χ2n) is 14.5. The van der Waals surface area contributed by atoms with E-state index >= 15 is 0 Å². The zero-order valence-electron chi connectivity index (χ0n) is 36.6. The van der Waals surface area contributed by atoms with Crippen LogP contribution in [-0.4, -0.2) is 77.4 Å². The third-order valence-electron chi connectivity index (χ3n) is 9.17. The molecule has 0 aliphatic rings. The van der Waals surface area contributed by atoms with Crippen molar-refractivity contribution in [2.45, 2.75) is 53.0 Å². The zero-order chi connectivity index (χ0) is 45.7. The van der Waals surface area contributed by atoms with E-state index in [1.165, 1.54) is 0 Å². The highest BCUT2D eigenvalue weighted by atomic mass is 16.6. The van der Waals surface area contributed by atoms with E-state index in [2.05, 4.69) is 39.5 Å². The van der Waals surface area contributed by atoms with E-state index in [9.17, 15) is 14.4 Å². The predicted octanol–water partition coefficient (Wildman–Crippen LogP) is 9.17. The molecule has 12 nitrogen and oxygen atoms in total. The van der Waals surface area contributed by atoms with Gasteiger partial charge in [0.2, 0.25) is 0 Å². The summed E-state index contributed by atoms with van der Waals surface area (Å²) in [6, 6.07) is 15.7. The lowest BCUT2D eigenvalue weighted by Crippen LogP contribution is -2.39. The Hall–Kier alpha value is -5.73. The first-order valence-corrected chi connectivity index (χ1v) is 20.6. The maximum absolute atomic E-state index is 13.8. The molecule has 12 heteroatoms. The molecular weight excluding hydrogens is 805 g/mol. The summed E-state index contributed by atoms with van der Waals surface area (Å²) in [6.45, 7) is 26.5. The van der Waals surface area contributed by atoms with Crippen LogP contribution < -0.4 is 0 Å². The predicted molar refractivity (Wildman–Crippen MR) is 242 cm³/mol. The highest BCUT2D eigenvalue weighted by Crippen LogP contribution is 2.27. The summed E-state index contributed by atoms with van der Waals surface area (Å²) in [5.74, 6) is -1.93. The maximum Gasteiger partial charge on any atom is 0.338 e. The van der Waals surface area contributed by atoms with Crippen LogP contribution in [0.3, 0.4) is 0 Å². The van der Waals surface area contributed by atoms with Gasteiger partial charge in [0.15, 0.2) is 0 Å². The Morgan fingerprint density at radius 3 is 0.778 bits per heavy atom. The average Bonchev–Trinajstić information content (AvgIpc) is 3.29. The van der Waals surface area contributed by atoms with E-state index in [0.29, 0.717) is 39.6 Å². The van der Waals surface area contributed by atoms with Crippen LogP contribution in [0.5, 0.6) is 0 Å². The molecule has 0 bridgehead atoms. The average molecular weight is 867 g/mol. The van der Waals surface area contributed by atoms with Crippen molar-refractivity contribution >= 4 is 17.9 Å². The highest BCUT2D eigenvalue weighted by Gasteiger charge is 2.35. The van der Waals surface area contributed by atoms with Gasteiger partial charge in [-0.25, -0.2) is 14.4 Å². The minimum absolute atomic E-state index is 0.222. The van der Waals surface area contributed by atoms with Crippen LogP contribution in [-0.2, 0) is 82.3 Å². The Bertz CT molecular complexity index is 1670. The van der Waals surface area contributed by atoms with Crippen molar-refractivity contribution in [2.24, 2.45) is 5.41 Å². The first-order chi connectivity index (χ1) is 30.6. The quantitative estimate of drug-likeness (QED) is 0.0245. The molecule has 0 radical (unpaired) electrons. The molecule has 0 aromatic heterocycles. The van der Waals surface area contributed by atoms with Gasteiger partial charge < -0.3 is 42.6 Å². The van der Waals surface area contributed by atoms with Crippen molar-refractivity contribution in [3.8, 4) is 0 Å². The van der Waals surface area contributed by atoms with Crippen LogP contribution in [0, 0.1) is 5.41 Å². The first-order valence-electron chi connectivity index (χ1n) is 20.6. The van der Waals surface area contributed by atoms with Crippen LogP contribution in [0.4, 0.5) is 0 Å². The number of esters is 3. The monoisotopic (exact) mass is 866 g/mol.